The van der Waals surface area contributed by atoms with Crippen molar-refractivity contribution in [3.63, 3.8) is 0 Å². The molecule has 0 spiro atoms. The van der Waals surface area contributed by atoms with Crippen molar-refractivity contribution >= 4 is 44.5 Å². The van der Waals surface area contributed by atoms with E-state index in [1.807, 2.05) is 18.4 Å². The number of hydrogen-bond donors (Lipinski definition) is 2. The summed E-state index contributed by atoms with van der Waals surface area (Å²) in [6.07, 6.45) is 0. The van der Waals surface area contributed by atoms with E-state index in [1.54, 1.807) is 17.4 Å². The summed E-state index contributed by atoms with van der Waals surface area (Å²) in [5, 5.41) is 7.88. The summed E-state index contributed by atoms with van der Waals surface area (Å²) < 4.78 is 14.0. The first-order chi connectivity index (χ1) is 9.47. The molecule has 2 N–H and O–H groups in total. The number of carbonyl (C=O) groups is 1. The third kappa shape index (κ3) is 3.58. The van der Waals surface area contributed by atoms with Gasteiger partial charge in [0.1, 0.15) is 5.82 Å². The molecular weight excluding hydrogens is 343 g/mol. The normalized spacial score (nSPS) is 10.4. The highest BCUT2D eigenvalue weighted by Gasteiger charge is 2.08. The Kier molecular flexibility index (Phi) is 4.77. The van der Waals surface area contributed by atoms with Crippen LogP contribution in [0.25, 0.3) is 0 Å². The van der Waals surface area contributed by atoms with Crippen molar-refractivity contribution < 1.29 is 9.18 Å². The van der Waals surface area contributed by atoms with Gasteiger partial charge in [-0.05, 0) is 52.0 Å². The zero-order valence-electron chi connectivity index (χ0n) is 11.1. The fourth-order valence-corrected chi connectivity index (χ4v) is 3.02. The van der Waals surface area contributed by atoms with Gasteiger partial charge in [0.05, 0.1) is 16.7 Å². The van der Waals surface area contributed by atoms with Crippen LogP contribution in [0.3, 0.4) is 0 Å². The molecule has 1 aromatic heterocycles. The number of rotatable bonds is 4. The fourth-order valence-electron chi connectivity index (χ4n) is 1.79. The van der Waals surface area contributed by atoms with E-state index in [4.69, 9.17) is 0 Å². The van der Waals surface area contributed by atoms with Crippen LogP contribution in [-0.2, 0) is 11.3 Å². The first-order valence-corrected chi connectivity index (χ1v) is 7.68. The van der Waals surface area contributed by atoms with E-state index >= 15 is 0 Å². The number of hydrogen-bond acceptors (Lipinski definition) is 3. The van der Waals surface area contributed by atoms with Crippen molar-refractivity contribution in [1.29, 1.82) is 0 Å². The Labute approximate surface area is 129 Å². The highest BCUT2D eigenvalue weighted by Crippen LogP contribution is 2.27. The van der Waals surface area contributed by atoms with Gasteiger partial charge in [0.25, 0.3) is 0 Å². The van der Waals surface area contributed by atoms with Crippen LogP contribution in [0.2, 0.25) is 0 Å². The number of halogens is 2. The molecule has 0 unspecified atom stereocenters. The van der Waals surface area contributed by atoms with Crippen molar-refractivity contribution in [3.8, 4) is 0 Å². The van der Waals surface area contributed by atoms with Crippen LogP contribution < -0.4 is 10.6 Å². The molecule has 2 rings (SSSR count). The van der Waals surface area contributed by atoms with E-state index in [2.05, 4.69) is 26.6 Å². The topological polar surface area (TPSA) is 41.1 Å². The number of nitrogens with one attached hydrogen (secondary N) is 2. The van der Waals surface area contributed by atoms with Gasteiger partial charge in [-0.25, -0.2) is 4.39 Å². The maximum atomic E-state index is 13.5. The van der Waals surface area contributed by atoms with Crippen LogP contribution in [0.15, 0.2) is 28.1 Å². The van der Waals surface area contributed by atoms with Gasteiger partial charge in [0.2, 0.25) is 5.91 Å². The minimum atomic E-state index is -0.300. The molecule has 0 saturated carbocycles. The molecule has 0 saturated heterocycles. The van der Waals surface area contributed by atoms with E-state index in [-0.39, 0.29) is 11.7 Å². The fraction of sp³-hybridized carbons (Fsp3) is 0.214. The first kappa shape index (κ1) is 15.0. The quantitative estimate of drug-likeness (QED) is 0.844. The van der Waals surface area contributed by atoms with Gasteiger partial charge in [-0.15, -0.1) is 11.3 Å². The molecule has 20 heavy (non-hydrogen) atoms. The number of anilines is 2. The second kappa shape index (κ2) is 6.37. The van der Waals surface area contributed by atoms with Gasteiger partial charge in [-0.1, -0.05) is 0 Å². The zero-order chi connectivity index (χ0) is 14.7. The van der Waals surface area contributed by atoms with Gasteiger partial charge in [0, 0.05) is 17.5 Å². The SMILES string of the molecule is CC(=O)Nc1ccsc1CNc1cc(F)c(Br)cc1C. The average Bonchev–Trinajstić information content (AvgIpc) is 2.79. The summed E-state index contributed by atoms with van der Waals surface area (Å²) in [7, 11) is 0. The summed E-state index contributed by atoms with van der Waals surface area (Å²) in [5.74, 6) is -0.401. The second-order valence-electron chi connectivity index (χ2n) is 4.37. The summed E-state index contributed by atoms with van der Waals surface area (Å²) in [6.45, 7) is 3.92. The van der Waals surface area contributed by atoms with Crippen LogP contribution >= 0.6 is 27.3 Å². The first-order valence-electron chi connectivity index (χ1n) is 6.01. The second-order valence-corrected chi connectivity index (χ2v) is 6.23. The van der Waals surface area contributed by atoms with E-state index in [9.17, 15) is 9.18 Å². The minimum absolute atomic E-state index is 0.101. The molecule has 0 aliphatic rings. The predicted molar refractivity (Wildman–Crippen MR) is 84.8 cm³/mol. The minimum Gasteiger partial charge on any atom is -0.380 e. The lowest BCUT2D eigenvalue weighted by atomic mass is 10.2. The standard InChI is InChI=1S/C14H14BrFN2OS/c1-8-5-10(15)11(16)6-13(8)17-7-14-12(3-4-20-14)18-9(2)19/h3-6,17H,7H2,1-2H3,(H,18,19). The third-order valence-electron chi connectivity index (χ3n) is 2.76. The Bertz CT molecular complexity index is 642. The van der Waals surface area contributed by atoms with Crippen molar-refractivity contribution in [2.45, 2.75) is 20.4 Å². The molecule has 0 bridgehead atoms. The van der Waals surface area contributed by atoms with Gasteiger partial charge in [0.15, 0.2) is 0 Å². The molecule has 0 aliphatic carbocycles. The molecule has 1 amide bonds. The Morgan fingerprint density at radius 3 is 2.85 bits per heavy atom. The molecule has 6 heteroatoms. The maximum absolute atomic E-state index is 13.5. The molecule has 0 atom stereocenters. The molecule has 3 nitrogen and oxygen atoms in total. The largest absolute Gasteiger partial charge is 0.380 e. The molecule has 2 aromatic rings. The lowest BCUT2D eigenvalue weighted by Crippen LogP contribution is -2.08. The number of carbonyl (C=O) groups excluding carboxylic acids is 1. The van der Waals surface area contributed by atoms with Crippen LogP contribution in [0.4, 0.5) is 15.8 Å². The van der Waals surface area contributed by atoms with Crippen molar-refractivity contribution in [2.24, 2.45) is 0 Å². The van der Waals surface area contributed by atoms with Crippen LogP contribution in [0.1, 0.15) is 17.4 Å². The Morgan fingerprint density at radius 2 is 2.15 bits per heavy atom. The summed E-state index contributed by atoms with van der Waals surface area (Å²) >= 11 is 4.70. The van der Waals surface area contributed by atoms with Crippen LogP contribution in [0.5, 0.6) is 0 Å². The number of amides is 1. The molecule has 106 valence electrons. The number of benzene rings is 1. The lowest BCUT2D eigenvalue weighted by molar-refractivity contribution is -0.114. The van der Waals surface area contributed by atoms with E-state index in [0.29, 0.717) is 11.0 Å². The monoisotopic (exact) mass is 356 g/mol. The van der Waals surface area contributed by atoms with Gasteiger partial charge < -0.3 is 10.6 Å². The summed E-state index contributed by atoms with van der Waals surface area (Å²) in [6, 6.07) is 5.06. The maximum Gasteiger partial charge on any atom is 0.221 e. The van der Waals surface area contributed by atoms with E-state index in [0.717, 1.165) is 21.8 Å². The number of aryl methyl sites for hydroxylation is 1. The highest BCUT2D eigenvalue weighted by molar-refractivity contribution is 9.10. The summed E-state index contributed by atoms with van der Waals surface area (Å²) in [4.78, 5) is 12.1. The zero-order valence-corrected chi connectivity index (χ0v) is 13.5. The van der Waals surface area contributed by atoms with Crippen molar-refractivity contribution in [1.82, 2.24) is 0 Å². The molecule has 1 heterocycles. The van der Waals surface area contributed by atoms with Crippen molar-refractivity contribution in [3.05, 3.63) is 44.3 Å². The molecule has 0 fully saturated rings. The van der Waals surface area contributed by atoms with Crippen molar-refractivity contribution in [2.75, 3.05) is 10.6 Å². The third-order valence-corrected chi connectivity index (χ3v) is 4.29. The van der Waals surface area contributed by atoms with Crippen LogP contribution in [0, 0.1) is 12.7 Å². The molecule has 0 radical (unpaired) electrons. The van der Waals surface area contributed by atoms with Crippen LogP contribution in [-0.4, -0.2) is 5.91 Å². The molecule has 0 aliphatic heterocycles. The number of thiophene rings is 1. The lowest BCUT2D eigenvalue weighted by Gasteiger charge is -2.11. The average molecular weight is 357 g/mol. The Morgan fingerprint density at radius 1 is 1.40 bits per heavy atom. The van der Waals surface area contributed by atoms with Gasteiger partial charge in [-0.3, -0.25) is 4.79 Å². The Balaban J connectivity index is 2.11. The smallest absolute Gasteiger partial charge is 0.221 e. The highest BCUT2D eigenvalue weighted by atomic mass is 79.9. The molecule has 1 aromatic carbocycles. The van der Waals surface area contributed by atoms with Gasteiger partial charge >= 0.3 is 0 Å². The van der Waals surface area contributed by atoms with E-state index < -0.39 is 0 Å². The predicted octanol–water partition coefficient (Wildman–Crippen LogP) is 4.53. The molecular formula is C14H14BrFN2OS. The van der Waals surface area contributed by atoms with Gasteiger partial charge in [-0.2, -0.15) is 0 Å². The summed E-state index contributed by atoms with van der Waals surface area (Å²) in [5.41, 5.74) is 2.49. The Hall–Kier alpha value is -1.40. The van der Waals surface area contributed by atoms with E-state index in [1.165, 1.54) is 13.0 Å².